The first-order chi connectivity index (χ1) is 10.0. The van der Waals surface area contributed by atoms with E-state index in [4.69, 9.17) is 10.2 Å². The van der Waals surface area contributed by atoms with E-state index < -0.39 is 11.9 Å². The highest BCUT2D eigenvalue weighted by Crippen LogP contribution is 2.14. The van der Waals surface area contributed by atoms with E-state index in [0.29, 0.717) is 17.1 Å². The van der Waals surface area contributed by atoms with Crippen molar-refractivity contribution >= 4 is 11.9 Å². The van der Waals surface area contributed by atoms with E-state index >= 15 is 0 Å². The van der Waals surface area contributed by atoms with E-state index in [1.165, 1.54) is 0 Å². The number of carbonyl (C=O) groups is 2. The van der Waals surface area contributed by atoms with Crippen LogP contribution >= 0.6 is 0 Å². The third-order valence-electron chi connectivity index (χ3n) is 2.58. The predicted octanol–water partition coefficient (Wildman–Crippen LogP) is 4.00. The molecule has 0 spiro atoms. The zero-order valence-corrected chi connectivity index (χ0v) is 12.6. The van der Waals surface area contributed by atoms with E-state index in [-0.39, 0.29) is 0 Å². The Hall–Kier alpha value is -2.36. The lowest BCUT2D eigenvalue weighted by molar-refractivity contribution is -0.132. The standard InChI is InChI=1S/C8H10O2.C7H6O2.C2H6/c1-6-2-4-7(5-3-6)8(9)10;8-7(9)6-4-2-1-3-5-6;1-2/h2,4-6H,3H2,1H3,(H,9,10);1-5H,(H,8,9);1-2H3. The first-order valence-electron chi connectivity index (χ1n) is 6.90. The highest BCUT2D eigenvalue weighted by atomic mass is 16.4. The molecule has 2 N–H and O–H groups in total. The second-order valence-electron chi connectivity index (χ2n) is 4.21. The van der Waals surface area contributed by atoms with Gasteiger partial charge in [-0.25, -0.2) is 9.59 Å². The molecule has 1 atom stereocenters. The number of rotatable bonds is 2. The molecule has 0 saturated heterocycles. The van der Waals surface area contributed by atoms with Crippen molar-refractivity contribution in [3.8, 4) is 0 Å². The maximum Gasteiger partial charge on any atom is 0.335 e. The van der Waals surface area contributed by atoms with Gasteiger partial charge in [-0.1, -0.05) is 57.2 Å². The fourth-order valence-electron chi connectivity index (χ4n) is 1.47. The predicted molar refractivity (Wildman–Crippen MR) is 83.4 cm³/mol. The molecule has 1 aromatic carbocycles. The van der Waals surface area contributed by atoms with Crippen molar-refractivity contribution in [3.63, 3.8) is 0 Å². The summed E-state index contributed by atoms with van der Waals surface area (Å²) < 4.78 is 0. The van der Waals surface area contributed by atoms with Crippen molar-refractivity contribution in [2.45, 2.75) is 27.2 Å². The number of hydrogen-bond acceptors (Lipinski definition) is 2. The van der Waals surface area contributed by atoms with Gasteiger partial charge in [-0.3, -0.25) is 0 Å². The van der Waals surface area contributed by atoms with Crippen molar-refractivity contribution in [1.29, 1.82) is 0 Å². The molecule has 0 amide bonds. The van der Waals surface area contributed by atoms with Crippen molar-refractivity contribution < 1.29 is 19.8 Å². The summed E-state index contributed by atoms with van der Waals surface area (Å²) in [5.74, 6) is -1.22. The minimum Gasteiger partial charge on any atom is -0.478 e. The van der Waals surface area contributed by atoms with Crippen LogP contribution in [0.15, 0.2) is 54.1 Å². The largest absolute Gasteiger partial charge is 0.478 e. The molecule has 0 heterocycles. The number of allylic oxidation sites excluding steroid dienone is 2. The summed E-state index contributed by atoms with van der Waals surface area (Å²) in [4.78, 5) is 20.5. The molecule has 1 unspecified atom stereocenters. The summed E-state index contributed by atoms with van der Waals surface area (Å²) in [7, 11) is 0. The van der Waals surface area contributed by atoms with Crippen molar-refractivity contribution in [1.82, 2.24) is 0 Å². The Kier molecular flexibility index (Phi) is 9.26. The molecule has 4 heteroatoms. The molecule has 1 aromatic rings. The van der Waals surface area contributed by atoms with Crippen LogP contribution in [0.25, 0.3) is 0 Å². The van der Waals surface area contributed by atoms with Gasteiger partial charge < -0.3 is 10.2 Å². The molecule has 0 saturated carbocycles. The maximum absolute atomic E-state index is 10.3. The summed E-state index contributed by atoms with van der Waals surface area (Å²) in [6.45, 7) is 6.06. The molecule has 1 aliphatic carbocycles. The molecule has 1 aliphatic rings. The summed E-state index contributed by atoms with van der Waals surface area (Å²) in [5, 5.41) is 16.9. The van der Waals surface area contributed by atoms with Gasteiger partial charge in [0, 0.05) is 0 Å². The van der Waals surface area contributed by atoms with Crippen LogP contribution in [0.4, 0.5) is 0 Å². The molecule has 21 heavy (non-hydrogen) atoms. The summed E-state index contributed by atoms with van der Waals surface area (Å²) in [6, 6.07) is 8.30. The van der Waals surface area contributed by atoms with Crippen LogP contribution in [-0.2, 0) is 4.79 Å². The molecule has 4 nitrogen and oxygen atoms in total. The quantitative estimate of drug-likeness (QED) is 0.863. The van der Waals surface area contributed by atoms with Gasteiger partial charge in [-0.15, -0.1) is 0 Å². The lowest BCUT2D eigenvalue weighted by atomic mass is 9.99. The first kappa shape index (κ1) is 18.6. The van der Waals surface area contributed by atoms with Crippen LogP contribution in [0.2, 0.25) is 0 Å². The van der Waals surface area contributed by atoms with Crippen LogP contribution in [0.5, 0.6) is 0 Å². The maximum atomic E-state index is 10.3. The van der Waals surface area contributed by atoms with Gasteiger partial charge in [0.25, 0.3) is 0 Å². The Morgan fingerprint density at radius 3 is 1.95 bits per heavy atom. The Bertz CT molecular complexity index is 501. The number of carboxylic acids is 2. The SMILES string of the molecule is CC.CC1C=CC(C(=O)O)=CC1.O=C(O)c1ccccc1. The second-order valence-corrected chi connectivity index (χ2v) is 4.21. The van der Waals surface area contributed by atoms with Gasteiger partial charge in [-0.2, -0.15) is 0 Å². The summed E-state index contributed by atoms with van der Waals surface area (Å²) in [5.41, 5.74) is 0.746. The van der Waals surface area contributed by atoms with Gasteiger partial charge in [0.15, 0.2) is 0 Å². The van der Waals surface area contributed by atoms with Gasteiger partial charge in [0.1, 0.15) is 0 Å². The average Bonchev–Trinajstić information content (AvgIpc) is 2.51. The summed E-state index contributed by atoms with van der Waals surface area (Å²) in [6.07, 6.45) is 6.19. The number of hydrogen-bond donors (Lipinski definition) is 2. The van der Waals surface area contributed by atoms with E-state index in [0.717, 1.165) is 6.42 Å². The molecular formula is C17H22O4. The van der Waals surface area contributed by atoms with E-state index in [9.17, 15) is 9.59 Å². The normalized spacial score (nSPS) is 15.6. The Labute approximate surface area is 125 Å². The second kappa shape index (κ2) is 10.4. The molecular weight excluding hydrogens is 268 g/mol. The van der Waals surface area contributed by atoms with Gasteiger partial charge >= 0.3 is 11.9 Å². The summed E-state index contributed by atoms with van der Waals surface area (Å²) >= 11 is 0. The minimum absolute atomic E-state index is 0.331. The number of aliphatic carboxylic acids is 1. The molecule has 0 aromatic heterocycles. The van der Waals surface area contributed by atoms with E-state index in [1.807, 2.05) is 19.9 Å². The van der Waals surface area contributed by atoms with Crippen LogP contribution in [0.3, 0.4) is 0 Å². The lowest BCUT2D eigenvalue weighted by Gasteiger charge is -2.07. The lowest BCUT2D eigenvalue weighted by Crippen LogP contribution is -2.02. The zero-order chi connectivity index (χ0) is 16.3. The topological polar surface area (TPSA) is 74.6 Å². The van der Waals surface area contributed by atoms with Crippen LogP contribution in [0, 0.1) is 5.92 Å². The Morgan fingerprint density at radius 1 is 1.05 bits per heavy atom. The molecule has 0 fully saturated rings. The van der Waals surface area contributed by atoms with Crippen LogP contribution < -0.4 is 0 Å². The smallest absolute Gasteiger partial charge is 0.335 e. The van der Waals surface area contributed by atoms with E-state index in [2.05, 4.69) is 6.92 Å². The van der Waals surface area contributed by atoms with Gasteiger partial charge in [0.2, 0.25) is 0 Å². The Morgan fingerprint density at radius 2 is 1.62 bits per heavy atom. The van der Waals surface area contributed by atoms with E-state index in [1.54, 1.807) is 42.5 Å². The number of carboxylic acid groups (broad SMARTS) is 2. The Balaban J connectivity index is 0.000000342. The molecule has 0 radical (unpaired) electrons. The van der Waals surface area contributed by atoms with Crippen molar-refractivity contribution in [2.24, 2.45) is 5.92 Å². The number of aromatic carboxylic acids is 1. The molecule has 0 bridgehead atoms. The first-order valence-corrected chi connectivity index (χ1v) is 6.90. The van der Waals surface area contributed by atoms with Gasteiger partial charge in [0.05, 0.1) is 11.1 Å². The average molecular weight is 290 g/mol. The van der Waals surface area contributed by atoms with Crippen LogP contribution in [0.1, 0.15) is 37.6 Å². The van der Waals surface area contributed by atoms with Crippen LogP contribution in [-0.4, -0.2) is 22.2 Å². The molecule has 114 valence electrons. The molecule has 0 aliphatic heterocycles. The highest BCUT2D eigenvalue weighted by molar-refractivity contribution is 5.90. The van der Waals surface area contributed by atoms with Gasteiger partial charge in [-0.05, 0) is 24.5 Å². The minimum atomic E-state index is -0.879. The fraction of sp³-hybridized carbons (Fsp3) is 0.294. The molecule has 2 rings (SSSR count). The zero-order valence-electron chi connectivity index (χ0n) is 12.6. The monoisotopic (exact) mass is 290 g/mol. The van der Waals surface area contributed by atoms with Crippen molar-refractivity contribution in [3.05, 3.63) is 59.7 Å². The number of benzene rings is 1. The third kappa shape index (κ3) is 7.72. The van der Waals surface area contributed by atoms with Crippen molar-refractivity contribution in [2.75, 3.05) is 0 Å². The fourth-order valence-corrected chi connectivity index (χ4v) is 1.47. The highest BCUT2D eigenvalue weighted by Gasteiger charge is 2.07. The third-order valence-corrected chi connectivity index (χ3v) is 2.58.